The van der Waals surface area contributed by atoms with Gasteiger partial charge in [-0.05, 0) is 25.2 Å². The van der Waals surface area contributed by atoms with Crippen LogP contribution in [0.2, 0.25) is 0 Å². The molecule has 0 heterocycles. The van der Waals surface area contributed by atoms with E-state index in [1.807, 2.05) is 6.92 Å². The fraction of sp³-hybridized carbons (Fsp3) is 1.00. The van der Waals surface area contributed by atoms with E-state index in [-0.39, 0.29) is 18.1 Å². The van der Waals surface area contributed by atoms with Crippen LogP contribution >= 0.6 is 0 Å². The molecule has 2 nitrogen and oxygen atoms in total. The minimum atomic E-state index is -0.173. The molecule has 0 aromatic heterocycles. The highest BCUT2D eigenvalue weighted by Gasteiger charge is 2.23. The van der Waals surface area contributed by atoms with Crippen molar-refractivity contribution in [2.24, 2.45) is 5.92 Å². The second-order valence-electron chi connectivity index (χ2n) is 3.01. The topological polar surface area (TPSA) is 40.5 Å². The molecule has 1 saturated carbocycles. The van der Waals surface area contributed by atoms with E-state index < -0.39 is 0 Å². The van der Waals surface area contributed by atoms with Crippen LogP contribution in [-0.4, -0.2) is 22.4 Å². The van der Waals surface area contributed by atoms with E-state index in [0.29, 0.717) is 0 Å². The van der Waals surface area contributed by atoms with Gasteiger partial charge >= 0.3 is 0 Å². The highest BCUT2D eigenvalue weighted by molar-refractivity contribution is 4.75. The van der Waals surface area contributed by atoms with E-state index in [0.717, 1.165) is 19.3 Å². The maximum absolute atomic E-state index is 9.18. The van der Waals surface area contributed by atoms with Crippen LogP contribution in [0.4, 0.5) is 0 Å². The molecule has 1 aliphatic rings. The molecule has 0 aromatic carbocycles. The molecule has 2 heteroatoms. The third kappa shape index (κ3) is 1.66. The van der Waals surface area contributed by atoms with Gasteiger partial charge < -0.3 is 10.2 Å². The average Bonchev–Trinajstić information content (AvgIpc) is 1.80. The Morgan fingerprint density at radius 1 is 1.22 bits per heavy atom. The number of hydrogen-bond donors (Lipinski definition) is 2. The van der Waals surface area contributed by atoms with Gasteiger partial charge in [-0.1, -0.05) is 6.92 Å². The van der Waals surface area contributed by atoms with Crippen LogP contribution in [0.25, 0.3) is 0 Å². The summed E-state index contributed by atoms with van der Waals surface area (Å²) in [7, 11) is 0. The van der Waals surface area contributed by atoms with Gasteiger partial charge in [-0.15, -0.1) is 0 Å². The predicted octanol–water partition coefficient (Wildman–Crippen LogP) is 0.528. The SMILES string of the molecule is C[C@@H]1C[C@@H](O)CC[C@H]1O. The Bertz CT molecular complexity index is 92.9. The number of hydrogen-bond acceptors (Lipinski definition) is 2. The number of aliphatic hydroxyl groups is 2. The van der Waals surface area contributed by atoms with Crippen LogP contribution in [0.15, 0.2) is 0 Å². The smallest absolute Gasteiger partial charge is 0.0567 e. The summed E-state index contributed by atoms with van der Waals surface area (Å²) in [4.78, 5) is 0. The lowest BCUT2D eigenvalue weighted by Crippen LogP contribution is -2.29. The van der Waals surface area contributed by atoms with Crippen molar-refractivity contribution in [3.63, 3.8) is 0 Å². The molecule has 3 atom stereocenters. The first-order valence-electron chi connectivity index (χ1n) is 3.56. The summed E-state index contributed by atoms with van der Waals surface area (Å²) in [6, 6.07) is 0. The molecule has 0 unspecified atom stereocenters. The Morgan fingerprint density at radius 2 is 1.89 bits per heavy atom. The molecular formula is C7H14O2. The van der Waals surface area contributed by atoms with Crippen LogP contribution in [-0.2, 0) is 0 Å². The zero-order valence-corrected chi connectivity index (χ0v) is 5.75. The van der Waals surface area contributed by atoms with Gasteiger partial charge in [-0.2, -0.15) is 0 Å². The van der Waals surface area contributed by atoms with E-state index in [1.165, 1.54) is 0 Å². The molecule has 0 aliphatic heterocycles. The minimum Gasteiger partial charge on any atom is -0.393 e. The van der Waals surface area contributed by atoms with E-state index >= 15 is 0 Å². The maximum Gasteiger partial charge on any atom is 0.0567 e. The zero-order chi connectivity index (χ0) is 6.85. The zero-order valence-electron chi connectivity index (χ0n) is 5.75. The molecule has 2 N–H and O–H groups in total. The molecular weight excluding hydrogens is 116 g/mol. The van der Waals surface area contributed by atoms with E-state index in [2.05, 4.69) is 0 Å². The average molecular weight is 130 g/mol. The molecule has 54 valence electrons. The molecule has 0 saturated heterocycles. The van der Waals surface area contributed by atoms with Gasteiger partial charge in [0.15, 0.2) is 0 Å². The van der Waals surface area contributed by atoms with Gasteiger partial charge in [0.1, 0.15) is 0 Å². The molecule has 0 spiro atoms. The van der Waals surface area contributed by atoms with Gasteiger partial charge in [-0.25, -0.2) is 0 Å². The first-order valence-corrected chi connectivity index (χ1v) is 3.56. The third-order valence-corrected chi connectivity index (χ3v) is 2.10. The summed E-state index contributed by atoms with van der Waals surface area (Å²) in [5.41, 5.74) is 0. The molecule has 1 aliphatic carbocycles. The van der Waals surface area contributed by atoms with Crippen molar-refractivity contribution < 1.29 is 10.2 Å². The summed E-state index contributed by atoms with van der Waals surface area (Å²) in [6.45, 7) is 1.98. The monoisotopic (exact) mass is 130 g/mol. The van der Waals surface area contributed by atoms with Crippen LogP contribution in [0.1, 0.15) is 26.2 Å². The summed E-state index contributed by atoms with van der Waals surface area (Å²) < 4.78 is 0. The molecule has 0 radical (unpaired) electrons. The second kappa shape index (κ2) is 2.67. The standard InChI is InChI=1S/C7H14O2/c1-5-4-6(8)2-3-7(5)9/h5-9H,2-4H2,1H3/t5-,6+,7-/m1/s1. The van der Waals surface area contributed by atoms with Crippen LogP contribution in [0.5, 0.6) is 0 Å². The number of rotatable bonds is 0. The Labute approximate surface area is 55.5 Å². The van der Waals surface area contributed by atoms with E-state index in [1.54, 1.807) is 0 Å². The van der Waals surface area contributed by atoms with Crippen molar-refractivity contribution >= 4 is 0 Å². The van der Waals surface area contributed by atoms with Gasteiger partial charge in [0.25, 0.3) is 0 Å². The fourth-order valence-electron chi connectivity index (χ4n) is 1.35. The van der Waals surface area contributed by atoms with Crippen LogP contribution in [0, 0.1) is 5.92 Å². The third-order valence-electron chi connectivity index (χ3n) is 2.10. The lowest BCUT2D eigenvalue weighted by Gasteiger charge is -2.27. The van der Waals surface area contributed by atoms with E-state index in [9.17, 15) is 5.11 Å². The van der Waals surface area contributed by atoms with Crippen molar-refractivity contribution in [1.82, 2.24) is 0 Å². The summed E-state index contributed by atoms with van der Waals surface area (Å²) in [6.07, 6.45) is 1.96. The molecule has 0 aromatic rings. The fourth-order valence-corrected chi connectivity index (χ4v) is 1.35. The quantitative estimate of drug-likeness (QED) is 0.502. The summed E-state index contributed by atoms with van der Waals surface area (Å²) >= 11 is 0. The molecule has 0 amide bonds. The Morgan fingerprint density at radius 3 is 2.33 bits per heavy atom. The largest absolute Gasteiger partial charge is 0.393 e. The summed E-state index contributed by atoms with van der Waals surface area (Å²) in [5, 5.41) is 18.3. The second-order valence-corrected chi connectivity index (χ2v) is 3.01. The van der Waals surface area contributed by atoms with Gasteiger partial charge in [-0.3, -0.25) is 0 Å². The van der Waals surface area contributed by atoms with Crippen molar-refractivity contribution in [1.29, 1.82) is 0 Å². The predicted molar refractivity (Wildman–Crippen MR) is 35.0 cm³/mol. The molecule has 0 bridgehead atoms. The Kier molecular flexibility index (Phi) is 2.09. The van der Waals surface area contributed by atoms with Crippen molar-refractivity contribution in [2.75, 3.05) is 0 Å². The highest BCUT2D eigenvalue weighted by Crippen LogP contribution is 2.23. The Hall–Kier alpha value is -0.0800. The lowest BCUT2D eigenvalue weighted by atomic mass is 9.86. The van der Waals surface area contributed by atoms with Gasteiger partial charge in [0, 0.05) is 0 Å². The highest BCUT2D eigenvalue weighted by atomic mass is 16.3. The van der Waals surface area contributed by atoms with Gasteiger partial charge in [0.05, 0.1) is 12.2 Å². The van der Waals surface area contributed by atoms with Crippen LogP contribution in [0.3, 0.4) is 0 Å². The molecule has 1 rings (SSSR count). The Balaban J connectivity index is 2.35. The lowest BCUT2D eigenvalue weighted by molar-refractivity contribution is 0.0142. The van der Waals surface area contributed by atoms with E-state index in [4.69, 9.17) is 5.11 Å². The van der Waals surface area contributed by atoms with Crippen molar-refractivity contribution in [2.45, 2.75) is 38.4 Å². The molecule has 9 heavy (non-hydrogen) atoms. The van der Waals surface area contributed by atoms with Crippen molar-refractivity contribution in [3.8, 4) is 0 Å². The maximum atomic E-state index is 9.18. The summed E-state index contributed by atoms with van der Waals surface area (Å²) in [5.74, 6) is 0.286. The molecule has 1 fully saturated rings. The van der Waals surface area contributed by atoms with Crippen molar-refractivity contribution in [3.05, 3.63) is 0 Å². The van der Waals surface area contributed by atoms with Crippen LogP contribution < -0.4 is 0 Å². The van der Waals surface area contributed by atoms with Gasteiger partial charge in [0.2, 0.25) is 0 Å². The minimum absolute atomic E-state index is 0.164. The first kappa shape index (κ1) is 7.03. The normalized spacial score (nSPS) is 45.0. The number of aliphatic hydroxyl groups excluding tert-OH is 2. The first-order chi connectivity index (χ1) is 4.20.